The number of carbonyl (C=O) groups excluding carboxylic acids is 2. The van der Waals surface area contributed by atoms with Gasteiger partial charge in [-0.25, -0.2) is 9.48 Å². The normalized spacial score (nSPS) is 20.1. The van der Waals surface area contributed by atoms with Gasteiger partial charge in [-0.05, 0) is 33.7 Å². The van der Waals surface area contributed by atoms with Gasteiger partial charge in [-0.1, -0.05) is 23.9 Å². The Kier molecular flexibility index (Phi) is 6.95. The van der Waals surface area contributed by atoms with E-state index in [-0.39, 0.29) is 27.9 Å². The number of benzene rings is 1. The molecule has 0 radical (unpaired) electrons. The van der Waals surface area contributed by atoms with E-state index >= 15 is 0 Å². The fourth-order valence-corrected chi connectivity index (χ4v) is 5.95. The molecule has 0 aliphatic carbocycles. The molecular weight excluding hydrogens is 502 g/mol. The van der Waals surface area contributed by atoms with Crippen molar-refractivity contribution in [3.05, 3.63) is 41.1 Å². The van der Waals surface area contributed by atoms with E-state index in [0.29, 0.717) is 11.3 Å². The maximum Gasteiger partial charge on any atom is 0.352 e. The van der Waals surface area contributed by atoms with E-state index < -0.39 is 47.8 Å². The third-order valence-corrected chi connectivity index (χ3v) is 7.56. The molecule has 0 bridgehead atoms. The first kappa shape index (κ1) is 24.5. The lowest BCUT2D eigenvalue weighted by Crippen LogP contribution is -2.70. The minimum atomic E-state index is -1.55. The second-order valence-electron chi connectivity index (χ2n) is 7.53. The molecule has 2 amide bonds. The molecule has 1 unspecified atom stereocenters. The van der Waals surface area contributed by atoms with Gasteiger partial charge in [-0.3, -0.25) is 19.3 Å². The molecule has 3 heterocycles. The number of fused-ring (bicyclic) bond motifs is 1. The molecule has 2 aliphatic heterocycles. The summed E-state index contributed by atoms with van der Waals surface area (Å²) in [7, 11) is 0. The molecule has 1 saturated heterocycles. The highest BCUT2D eigenvalue weighted by Crippen LogP contribution is 2.41. The number of aromatic nitrogens is 4. The number of rotatable bonds is 9. The summed E-state index contributed by atoms with van der Waals surface area (Å²) < 4.78 is 1.07. The largest absolute Gasteiger partial charge is 0.480 e. The Morgan fingerprint density at radius 1 is 1.31 bits per heavy atom. The summed E-state index contributed by atoms with van der Waals surface area (Å²) in [5, 5.41) is 41.8. The quantitative estimate of drug-likeness (QED) is 0.151. The average Bonchev–Trinajstić information content (AvgIpc) is 3.25. The summed E-state index contributed by atoms with van der Waals surface area (Å²) in [5.74, 6) is -3.52. The minimum Gasteiger partial charge on any atom is -0.480 e. The van der Waals surface area contributed by atoms with Crippen molar-refractivity contribution >= 4 is 53.0 Å². The summed E-state index contributed by atoms with van der Waals surface area (Å²) in [6, 6.07) is 5.14. The molecule has 1 aromatic heterocycles. The van der Waals surface area contributed by atoms with E-state index in [0.717, 1.165) is 21.3 Å². The number of hydrogen-bond acceptors (Lipinski definition) is 11. The zero-order valence-electron chi connectivity index (χ0n) is 17.8. The van der Waals surface area contributed by atoms with Crippen molar-refractivity contribution in [2.45, 2.75) is 29.2 Å². The number of carboxylic acid groups (broad SMARTS) is 2. The van der Waals surface area contributed by atoms with Gasteiger partial charge in [0.15, 0.2) is 6.10 Å². The van der Waals surface area contributed by atoms with Crippen molar-refractivity contribution in [1.82, 2.24) is 30.4 Å². The average molecular weight is 522 g/mol. The highest BCUT2D eigenvalue weighted by molar-refractivity contribution is 8.01. The molecule has 6 N–H and O–H groups in total. The number of nitrogens with one attached hydrogen (secondary N) is 1. The number of aliphatic hydroxyl groups is 1. The van der Waals surface area contributed by atoms with Crippen LogP contribution in [0.15, 0.2) is 40.7 Å². The molecule has 14 nitrogen and oxygen atoms in total. The number of aliphatic carboxylic acids is 2. The lowest BCUT2D eigenvalue weighted by atomic mass is 10.0. The van der Waals surface area contributed by atoms with Gasteiger partial charge in [0.05, 0.1) is 0 Å². The molecule has 2 aromatic rings. The fraction of sp³-hybridized carbons (Fsp3) is 0.316. The van der Waals surface area contributed by atoms with Gasteiger partial charge in [0.25, 0.3) is 11.8 Å². The van der Waals surface area contributed by atoms with Gasteiger partial charge in [0, 0.05) is 17.2 Å². The molecule has 35 heavy (non-hydrogen) atoms. The van der Waals surface area contributed by atoms with E-state index in [9.17, 15) is 29.4 Å². The van der Waals surface area contributed by atoms with Crippen LogP contribution in [0.1, 0.15) is 11.7 Å². The number of amides is 2. The van der Waals surface area contributed by atoms with Crippen molar-refractivity contribution in [3.63, 3.8) is 0 Å². The van der Waals surface area contributed by atoms with E-state index in [1.165, 1.54) is 23.9 Å². The fourth-order valence-electron chi connectivity index (χ4n) is 3.59. The summed E-state index contributed by atoms with van der Waals surface area (Å²) in [6.45, 7) is -0.454. The lowest BCUT2D eigenvalue weighted by Gasteiger charge is -2.49. The van der Waals surface area contributed by atoms with Crippen molar-refractivity contribution < 1.29 is 34.5 Å². The zero-order valence-corrected chi connectivity index (χ0v) is 19.4. The maximum absolute atomic E-state index is 12.8. The molecule has 0 saturated carbocycles. The van der Waals surface area contributed by atoms with Gasteiger partial charge >= 0.3 is 11.9 Å². The molecule has 2 aliphatic rings. The van der Waals surface area contributed by atoms with Gasteiger partial charge < -0.3 is 26.4 Å². The van der Waals surface area contributed by atoms with Gasteiger partial charge in [-0.2, -0.15) is 0 Å². The molecule has 1 aromatic carbocycles. The standard InChI is InChI=1S/C19H19N7O7S2/c20-10-3-1-2-8(4-10)14(29)15(30)21-12-16(31)26-13(18(32)33)9(6-34-17(12)26)7-35-19-22-23-24-25(19)5-11(27)28/h1-4,12,14,17,29H,5-7,20H2,(H,21,30)(H,27,28)(H,32,33)/t12?,14-,17-/m1/s1. The summed E-state index contributed by atoms with van der Waals surface area (Å²) in [4.78, 5) is 49.3. The first-order chi connectivity index (χ1) is 16.7. The van der Waals surface area contributed by atoms with Crippen LogP contribution in [0, 0.1) is 0 Å². The van der Waals surface area contributed by atoms with Crippen LogP contribution in [-0.2, 0) is 25.7 Å². The number of hydrogen-bond donors (Lipinski definition) is 5. The Morgan fingerprint density at radius 3 is 2.77 bits per heavy atom. The topological polar surface area (TPSA) is 214 Å². The molecular formula is C19H19N7O7S2. The molecule has 4 rings (SSSR count). The summed E-state index contributed by atoms with van der Waals surface area (Å²) in [5.41, 5.74) is 6.52. The van der Waals surface area contributed by atoms with Crippen LogP contribution in [0.5, 0.6) is 0 Å². The van der Waals surface area contributed by atoms with Crippen molar-refractivity contribution in [1.29, 1.82) is 0 Å². The number of thioether (sulfide) groups is 2. The minimum absolute atomic E-state index is 0.107. The Bertz CT molecular complexity index is 1230. The highest BCUT2D eigenvalue weighted by Gasteiger charge is 2.54. The van der Waals surface area contributed by atoms with Crippen molar-refractivity contribution in [2.24, 2.45) is 0 Å². The van der Waals surface area contributed by atoms with Gasteiger partial charge in [0.2, 0.25) is 5.16 Å². The van der Waals surface area contributed by atoms with Crippen LogP contribution in [0.3, 0.4) is 0 Å². The number of tetrazole rings is 1. The monoisotopic (exact) mass is 521 g/mol. The van der Waals surface area contributed by atoms with Crippen LogP contribution >= 0.6 is 23.5 Å². The maximum atomic E-state index is 12.8. The number of nitrogen functional groups attached to an aromatic ring is 1. The predicted octanol–water partition coefficient (Wildman–Crippen LogP) is -1.10. The second kappa shape index (κ2) is 9.93. The van der Waals surface area contributed by atoms with Gasteiger partial charge in [-0.15, -0.1) is 16.9 Å². The van der Waals surface area contributed by atoms with E-state index in [1.54, 1.807) is 12.1 Å². The van der Waals surface area contributed by atoms with Crippen LogP contribution in [0.4, 0.5) is 5.69 Å². The summed E-state index contributed by atoms with van der Waals surface area (Å²) in [6.07, 6.45) is -1.55. The SMILES string of the molecule is Nc1cccc([C@@H](O)C(=O)NC2C(=O)N3C(C(=O)O)=C(CSc4nnnn4CC(=O)O)CS[C@H]23)c1. The van der Waals surface area contributed by atoms with E-state index in [2.05, 4.69) is 20.8 Å². The number of anilines is 1. The molecule has 184 valence electrons. The highest BCUT2D eigenvalue weighted by atomic mass is 32.2. The molecule has 16 heteroatoms. The first-order valence-electron chi connectivity index (χ1n) is 10.0. The zero-order chi connectivity index (χ0) is 25.3. The molecule has 1 fully saturated rings. The van der Waals surface area contributed by atoms with Gasteiger partial charge in [0.1, 0.15) is 23.7 Å². The van der Waals surface area contributed by atoms with E-state index in [4.69, 9.17) is 10.8 Å². The van der Waals surface area contributed by atoms with Crippen molar-refractivity contribution in [3.8, 4) is 0 Å². The van der Waals surface area contributed by atoms with E-state index in [1.807, 2.05) is 0 Å². The number of nitrogens with two attached hydrogens (primary N) is 1. The number of β-lactam (4-membered cyclic amide) rings is 1. The Morgan fingerprint density at radius 2 is 2.09 bits per heavy atom. The van der Waals surface area contributed by atoms with Crippen LogP contribution < -0.4 is 11.1 Å². The third kappa shape index (κ3) is 4.94. The number of nitrogens with zero attached hydrogens (tertiary/aromatic N) is 5. The first-order valence-corrected chi connectivity index (χ1v) is 12.1. The Balaban J connectivity index is 1.45. The Labute approximate surface area is 205 Å². The van der Waals surface area contributed by atoms with Crippen LogP contribution in [-0.4, -0.2) is 87.1 Å². The van der Waals surface area contributed by atoms with Crippen molar-refractivity contribution in [2.75, 3.05) is 17.2 Å². The Hall–Kier alpha value is -3.63. The summed E-state index contributed by atoms with van der Waals surface area (Å²) >= 11 is 2.30. The third-order valence-electron chi connectivity index (χ3n) is 5.18. The predicted molar refractivity (Wildman–Crippen MR) is 122 cm³/mol. The van der Waals surface area contributed by atoms with Crippen LogP contribution in [0.25, 0.3) is 0 Å². The lowest BCUT2D eigenvalue weighted by molar-refractivity contribution is -0.151. The molecule has 0 spiro atoms. The smallest absolute Gasteiger partial charge is 0.352 e. The second-order valence-corrected chi connectivity index (χ2v) is 9.58. The number of aliphatic hydroxyl groups excluding tert-OH is 1. The van der Waals surface area contributed by atoms with Crippen LogP contribution in [0.2, 0.25) is 0 Å². The molecule has 3 atom stereocenters. The number of carbonyl (C=O) groups is 4. The number of carboxylic acids is 2.